The zero-order chi connectivity index (χ0) is 9.40. The lowest BCUT2D eigenvalue weighted by molar-refractivity contribution is -0.128. The first-order valence-corrected chi connectivity index (χ1v) is 3.15. The molecule has 0 radical (unpaired) electrons. The lowest BCUT2D eigenvalue weighted by Gasteiger charge is -2.12. The summed E-state index contributed by atoms with van der Waals surface area (Å²) in [5.41, 5.74) is 0. The first-order valence-electron chi connectivity index (χ1n) is 3.15. The van der Waals surface area contributed by atoms with Crippen LogP contribution in [0.2, 0.25) is 0 Å². The first kappa shape index (κ1) is 9.94. The van der Waals surface area contributed by atoms with Crippen molar-refractivity contribution in [1.29, 1.82) is 15.8 Å². The van der Waals surface area contributed by atoms with E-state index in [4.69, 9.17) is 15.8 Å². The van der Waals surface area contributed by atoms with Crippen molar-refractivity contribution in [3.63, 3.8) is 0 Å². The van der Waals surface area contributed by atoms with E-state index >= 15 is 0 Å². The number of nitriles is 3. The van der Waals surface area contributed by atoms with Gasteiger partial charge in [-0.15, -0.1) is 0 Å². The van der Waals surface area contributed by atoms with Crippen molar-refractivity contribution in [3.8, 4) is 18.2 Å². The van der Waals surface area contributed by atoms with Gasteiger partial charge in [-0.25, -0.2) is 0 Å². The van der Waals surface area contributed by atoms with Gasteiger partial charge in [0.15, 0.2) is 0 Å². The van der Waals surface area contributed by atoms with Gasteiger partial charge in [0.2, 0.25) is 5.91 Å². The molecule has 5 nitrogen and oxygen atoms in total. The number of carbonyl (C=O) groups is 1. The fraction of sp³-hybridized carbons (Fsp3) is 0.429. The van der Waals surface area contributed by atoms with Crippen molar-refractivity contribution >= 4 is 5.91 Å². The standard InChI is InChI=1S/C7H6N4O/c8-2-1-7(12)11(5-3-9)6-4-10/h1,5-6H2. The van der Waals surface area contributed by atoms with Crippen LogP contribution in [0.5, 0.6) is 0 Å². The normalized spacial score (nSPS) is 7.42. The molecule has 0 bridgehead atoms. The second-order valence-electron chi connectivity index (χ2n) is 1.90. The Morgan fingerprint density at radius 1 is 1.08 bits per heavy atom. The van der Waals surface area contributed by atoms with Gasteiger partial charge in [-0.1, -0.05) is 0 Å². The van der Waals surface area contributed by atoms with E-state index in [9.17, 15) is 4.79 Å². The van der Waals surface area contributed by atoms with Gasteiger partial charge in [-0.2, -0.15) is 15.8 Å². The first-order chi connectivity index (χ1) is 5.76. The maximum atomic E-state index is 10.9. The minimum Gasteiger partial charge on any atom is -0.315 e. The maximum Gasteiger partial charge on any atom is 0.238 e. The lowest BCUT2D eigenvalue weighted by Crippen LogP contribution is -2.31. The molecular formula is C7H6N4O. The van der Waals surface area contributed by atoms with Gasteiger partial charge in [-0.05, 0) is 0 Å². The van der Waals surface area contributed by atoms with Crippen LogP contribution >= 0.6 is 0 Å². The Labute approximate surface area is 70.0 Å². The molecule has 0 aromatic rings. The number of rotatable bonds is 3. The summed E-state index contributed by atoms with van der Waals surface area (Å²) in [4.78, 5) is 12.0. The molecule has 0 saturated carbocycles. The zero-order valence-electron chi connectivity index (χ0n) is 6.32. The number of amides is 1. The van der Waals surface area contributed by atoms with Crippen molar-refractivity contribution in [3.05, 3.63) is 0 Å². The van der Waals surface area contributed by atoms with Gasteiger partial charge >= 0.3 is 0 Å². The second-order valence-corrected chi connectivity index (χ2v) is 1.90. The van der Waals surface area contributed by atoms with Crippen LogP contribution in [0.1, 0.15) is 6.42 Å². The molecule has 0 rings (SSSR count). The maximum absolute atomic E-state index is 10.9. The molecule has 0 heterocycles. The molecule has 0 fully saturated rings. The van der Waals surface area contributed by atoms with Crippen LogP contribution in [0, 0.1) is 34.0 Å². The Hall–Kier alpha value is -2.06. The van der Waals surface area contributed by atoms with Gasteiger partial charge < -0.3 is 4.90 Å². The number of nitrogens with zero attached hydrogens (tertiary/aromatic N) is 4. The lowest BCUT2D eigenvalue weighted by atomic mass is 10.4. The van der Waals surface area contributed by atoms with Crippen LogP contribution in [0.3, 0.4) is 0 Å². The van der Waals surface area contributed by atoms with Gasteiger partial charge in [-0.3, -0.25) is 4.79 Å². The predicted molar refractivity (Wildman–Crippen MR) is 38.0 cm³/mol. The third-order valence-electron chi connectivity index (χ3n) is 1.11. The van der Waals surface area contributed by atoms with E-state index in [0.29, 0.717) is 0 Å². The van der Waals surface area contributed by atoms with Crippen LogP contribution in [0.25, 0.3) is 0 Å². The molecule has 1 amide bonds. The number of hydrogen-bond donors (Lipinski definition) is 0. The molecule has 0 saturated heterocycles. The summed E-state index contributed by atoms with van der Waals surface area (Å²) in [7, 11) is 0. The summed E-state index contributed by atoms with van der Waals surface area (Å²) in [5, 5.41) is 24.6. The van der Waals surface area contributed by atoms with Crippen molar-refractivity contribution in [1.82, 2.24) is 4.90 Å². The van der Waals surface area contributed by atoms with Gasteiger partial charge in [0.1, 0.15) is 19.5 Å². The van der Waals surface area contributed by atoms with E-state index in [2.05, 4.69) is 0 Å². The van der Waals surface area contributed by atoms with E-state index < -0.39 is 5.91 Å². The van der Waals surface area contributed by atoms with Crippen molar-refractivity contribution in [2.45, 2.75) is 6.42 Å². The molecule has 0 unspecified atom stereocenters. The Bertz CT molecular complexity index is 261. The van der Waals surface area contributed by atoms with E-state index in [-0.39, 0.29) is 19.5 Å². The van der Waals surface area contributed by atoms with Gasteiger partial charge in [0, 0.05) is 0 Å². The average Bonchev–Trinajstić information content (AvgIpc) is 2.04. The molecule has 0 spiro atoms. The minimum absolute atomic E-state index is 0.145. The molecule has 0 aromatic carbocycles. The topological polar surface area (TPSA) is 91.7 Å². The molecular weight excluding hydrogens is 156 g/mol. The van der Waals surface area contributed by atoms with Gasteiger partial charge in [0.05, 0.1) is 18.2 Å². The summed E-state index contributed by atoms with van der Waals surface area (Å²) in [6, 6.07) is 5.13. The molecule has 0 aliphatic rings. The summed E-state index contributed by atoms with van der Waals surface area (Å²) < 4.78 is 0. The van der Waals surface area contributed by atoms with Gasteiger partial charge in [0.25, 0.3) is 0 Å². The summed E-state index contributed by atoms with van der Waals surface area (Å²) in [6.45, 7) is -0.290. The highest BCUT2D eigenvalue weighted by Gasteiger charge is 2.10. The number of carbonyl (C=O) groups excluding carboxylic acids is 1. The highest BCUT2D eigenvalue weighted by atomic mass is 16.2. The van der Waals surface area contributed by atoms with Crippen LogP contribution in [-0.4, -0.2) is 23.9 Å². The van der Waals surface area contributed by atoms with Crippen LogP contribution in [0.4, 0.5) is 0 Å². The summed E-state index contributed by atoms with van der Waals surface area (Å²) >= 11 is 0. The molecule has 0 aromatic heterocycles. The molecule has 0 aliphatic carbocycles. The van der Waals surface area contributed by atoms with Crippen LogP contribution in [-0.2, 0) is 4.79 Å². The van der Waals surface area contributed by atoms with Crippen LogP contribution in [0.15, 0.2) is 0 Å². The second kappa shape index (κ2) is 5.70. The Morgan fingerprint density at radius 2 is 1.58 bits per heavy atom. The molecule has 12 heavy (non-hydrogen) atoms. The van der Waals surface area contributed by atoms with Crippen molar-refractivity contribution in [2.75, 3.05) is 13.1 Å². The average molecular weight is 162 g/mol. The van der Waals surface area contributed by atoms with E-state index in [1.807, 2.05) is 0 Å². The van der Waals surface area contributed by atoms with Crippen LogP contribution < -0.4 is 0 Å². The molecule has 0 atom stereocenters. The zero-order valence-corrected chi connectivity index (χ0v) is 6.32. The van der Waals surface area contributed by atoms with E-state index in [1.165, 1.54) is 0 Å². The minimum atomic E-state index is -0.486. The van der Waals surface area contributed by atoms with E-state index in [1.54, 1.807) is 18.2 Å². The van der Waals surface area contributed by atoms with E-state index in [0.717, 1.165) is 4.90 Å². The SMILES string of the molecule is N#CCC(=O)N(CC#N)CC#N. The molecule has 0 N–H and O–H groups in total. The third kappa shape index (κ3) is 3.20. The Morgan fingerprint density at radius 3 is 1.92 bits per heavy atom. The highest BCUT2D eigenvalue weighted by Crippen LogP contribution is 1.91. The molecule has 60 valence electrons. The summed E-state index contributed by atoms with van der Waals surface area (Å²) in [5.74, 6) is -0.486. The quantitative estimate of drug-likeness (QED) is 0.536. The van der Waals surface area contributed by atoms with Crippen molar-refractivity contribution < 1.29 is 4.79 Å². The largest absolute Gasteiger partial charge is 0.315 e. The summed E-state index contributed by atoms with van der Waals surface area (Å²) in [6.07, 6.45) is -0.288. The molecule has 5 heteroatoms. The fourth-order valence-corrected chi connectivity index (χ4v) is 0.582. The Balaban J connectivity index is 4.15. The fourth-order valence-electron chi connectivity index (χ4n) is 0.582. The predicted octanol–water partition coefficient (Wildman–Crippen LogP) is -0.224. The highest BCUT2D eigenvalue weighted by molar-refractivity contribution is 5.78. The van der Waals surface area contributed by atoms with Crippen molar-refractivity contribution in [2.24, 2.45) is 0 Å². The smallest absolute Gasteiger partial charge is 0.238 e. The third-order valence-corrected chi connectivity index (χ3v) is 1.11. The Kier molecular flexibility index (Phi) is 4.73. The monoisotopic (exact) mass is 162 g/mol. The number of hydrogen-bond acceptors (Lipinski definition) is 4. The molecule has 0 aliphatic heterocycles.